The number of hydrogen-bond acceptors (Lipinski definition) is 2. The summed E-state index contributed by atoms with van der Waals surface area (Å²) < 4.78 is 31.8. The molecule has 1 aliphatic rings. The number of hydrogen-bond donors (Lipinski definition) is 0. The third-order valence-corrected chi connectivity index (χ3v) is 3.25. The van der Waals surface area contributed by atoms with Crippen LogP contribution in [0.4, 0.5) is 8.78 Å². The van der Waals surface area contributed by atoms with Gasteiger partial charge in [0.1, 0.15) is 11.6 Å². The molecule has 1 fully saturated rings. The lowest BCUT2D eigenvalue weighted by Gasteiger charge is -2.36. The first-order chi connectivity index (χ1) is 8.56. The van der Waals surface area contributed by atoms with Gasteiger partial charge in [-0.3, -0.25) is 4.90 Å². The van der Waals surface area contributed by atoms with E-state index in [0.29, 0.717) is 24.5 Å². The van der Waals surface area contributed by atoms with Gasteiger partial charge in [-0.2, -0.15) is 0 Å². The minimum Gasteiger partial charge on any atom is -0.371 e. The van der Waals surface area contributed by atoms with Crippen LogP contribution >= 0.6 is 11.6 Å². The van der Waals surface area contributed by atoms with Crippen LogP contribution in [0.1, 0.15) is 12.5 Å². The van der Waals surface area contributed by atoms with E-state index in [2.05, 4.69) is 4.90 Å². The van der Waals surface area contributed by atoms with Gasteiger partial charge in [0.15, 0.2) is 0 Å². The fourth-order valence-electron chi connectivity index (χ4n) is 2.32. The monoisotopic (exact) mass is 275 g/mol. The van der Waals surface area contributed by atoms with Crippen LogP contribution in [0.15, 0.2) is 18.2 Å². The molecule has 1 aliphatic heterocycles. The largest absolute Gasteiger partial charge is 0.371 e. The van der Waals surface area contributed by atoms with Crippen molar-refractivity contribution in [1.82, 2.24) is 4.90 Å². The number of nitrogens with zero attached hydrogens (tertiary/aromatic N) is 1. The summed E-state index contributed by atoms with van der Waals surface area (Å²) in [5.41, 5.74) is 0.634. The lowest BCUT2D eigenvalue weighted by molar-refractivity contribution is -0.0689. The highest BCUT2D eigenvalue weighted by Crippen LogP contribution is 2.16. The number of morpholine rings is 1. The summed E-state index contributed by atoms with van der Waals surface area (Å²) in [6, 6.07) is 3.60. The molecule has 2 rings (SSSR count). The second kappa shape index (κ2) is 5.95. The first-order valence-electron chi connectivity index (χ1n) is 5.95. The van der Waals surface area contributed by atoms with Crippen LogP contribution in [0.3, 0.4) is 0 Å². The summed E-state index contributed by atoms with van der Waals surface area (Å²) in [7, 11) is 0. The fraction of sp³-hybridized carbons (Fsp3) is 0.538. The summed E-state index contributed by atoms with van der Waals surface area (Å²) in [6.45, 7) is 3.91. The molecule has 18 heavy (non-hydrogen) atoms. The standard InChI is InChI=1S/C13H16ClF2NO/c1-9-6-17(8-13(5-14)18-9)7-10-2-11(15)4-12(16)3-10/h2-4,9,13H,5-8H2,1H3. The van der Waals surface area contributed by atoms with Crippen molar-refractivity contribution in [3.8, 4) is 0 Å². The van der Waals surface area contributed by atoms with Crippen LogP contribution < -0.4 is 0 Å². The van der Waals surface area contributed by atoms with Crippen LogP contribution in [0.5, 0.6) is 0 Å². The number of halogens is 3. The van der Waals surface area contributed by atoms with Crippen LogP contribution in [-0.4, -0.2) is 36.1 Å². The molecular weight excluding hydrogens is 260 g/mol. The topological polar surface area (TPSA) is 12.5 Å². The number of ether oxygens (including phenoxy) is 1. The normalized spacial score (nSPS) is 25.3. The second-order valence-corrected chi connectivity index (χ2v) is 5.00. The van der Waals surface area contributed by atoms with Crippen LogP contribution in [0, 0.1) is 11.6 Å². The van der Waals surface area contributed by atoms with E-state index in [4.69, 9.17) is 16.3 Å². The summed E-state index contributed by atoms with van der Waals surface area (Å²) in [5.74, 6) is -0.654. The molecule has 1 aromatic rings. The highest BCUT2D eigenvalue weighted by Gasteiger charge is 2.24. The lowest BCUT2D eigenvalue weighted by Crippen LogP contribution is -2.46. The van der Waals surface area contributed by atoms with Crippen molar-refractivity contribution in [2.24, 2.45) is 0 Å². The van der Waals surface area contributed by atoms with Gasteiger partial charge in [-0.05, 0) is 24.6 Å². The van der Waals surface area contributed by atoms with Crippen molar-refractivity contribution >= 4 is 11.6 Å². The quantitative estimate of drug-likeness (QED) is 0.787. The molecule has 100 valence electrons. The Morgan fingerprint density at radius 2 is 1.94 bits per heavy atom. The minimum atomic E-state index is -0.541. The Bertz CT molecular complexity index is 396. The van der Waals surface area contributed by atoms with E-state index < -0.39 is 11.6 Å². The Balaban J connectivity index is 2.03. The molecule has 0 aliphatic carbocycles. The maximum Gasteiger partial charge on any atom is 0.126 e. The lowest BCUT2D eigenvalue weighted by atomic mass is 10.1. The average molecular weight is 276 g/mol. The van der Waals surface area contributed by atoms with Crippen LogP contribution in [0.25, 0.3) is 0 Å². The predicted octanol–water partition coefficient (Wildman–Crippen LogP) is 2.79. The fourth-order valence-corrected chi connectivity index (χ4v) is 2.49. The maximum absolute atomic E-state index is 13.1. The first kappa shape index (κ1) is 13.7. The summed E-state index contributed by atoms with van der Waals surface area (Å²) in [4.78, 5) is 2.11. The number of alkyl halides is 1. The molecular formula is C13H16ClF2NO. The van der Waals surface area contributed by atoms with Gasteiger partial charge >= 0.3 is 0 Å². The van der Waals surface area contributed by atoms with Gasteiger partial charge in [0.05, 0.1) is 12.2 Å². The Morgan fingerprint density at radius 3 is 2.56 bits per heavy atom. The molecule has 0 amide bonds. The Morgan fingerprint density at radius 1 is 1.28 bits per heavy atom. The molecule has 0 spiro atoms. The molecule has 0 radical (unpaired) electrons. The van der Waals surface area contributed by atoms with E-state index in [9.17, 15) is 8.78 Å². The molecule has 2 atom stereocenters. The van der Waals surface area contributed by atoms with Gasteiger partial charge in [-0.1, -0.05) is 0 Å². The predicted molar refractivity (Wildman–Crippen MR) is 66.7 cm³/mol. The van der Waals surface area contributed by atoms with Gasteiger partial charge < -0.3 is 4.74 Å². The molecule has 0 N–H and O–H groups in total. The minimum absolute atomic E-state index is 0.0196. The molecule has 2 unspecified atom stereocenters. The van der Waals surface area contributed by atoms with Gasteiger partial charge in [-0.25, -0.2) is 8.78 Å². The average Bonchev–Trinajstić information content (AvgIpc) is 2.26. The molecule has 1 aromatic carbocycles. The third kappa shape index (κ3) is 3.64. The second-order valence-electron chi connectivity index (χ2n) is 4.69. The highest BCUT2D eigenvalue weighted by molar-refractivity contribution is 6.18. The first-order valence-corrected chi connectivity index (χ1v) is 6.49. The molecule has 0 bridgehead atoms. The van der Waals surface area contributed by atoms with E-state index in [1.54, 1.807) is 0 Å². The van der Waals surface area contributed by atoms with Gasteiger partial charge in [0.2, 0.25) is 0 Å². The zero-order valence-electron chi connectivity index (χ0n) is 10.2. The zero-order chi connectivity index (χ0) is 13.1. The molecule has 1 heterocycles. The summed E-state index contributed by atoms with van der Waals surface area (Å²) in [5, 5.41) is 0. The van der Waals surface area contributed by atoms with Crippen molar-refractivity contribution in [1.29, 1.82) is 0 Å². The SMILES string of the molecule is CC1CN(Cc2cc(F)cc(F)c2)CC(CCl)O1. The smallest absolute Gasteiger partial charge is 0.126 e. The van der Waals surface area contributed by atoms with E-state index >= 15 is 0 Å². The van der Waals surface area contributed by atoms with Crippen molar-refractivity contribution in [2.45, 2.75) is 25.7 Å². The Labute approximate surface area is 110 Å². The Kier molecular flexibility index (Phi) is 4.54. The van der Waals surface area contributed by atoms with Crippen molar-refractivity contribution in [2.75, 3.05) is 19.0 Å². The maximum atomic E-state index is 13.1. The summed E-state index contributed by atoms with van der Waals surface area (Å²) in [6.07, 6.45) is 0.0646. The van der Waals surface area contributed by atoms with Crippen molar-refractivity contribution < 1.29 is 13.5 Å². The molecule has 0 saturated carbocycles. The third-order valence-electron chi connectivity index (χ3n) is 2.90. The van der Waals surface area contributed by atoms with Crippen molar-refractivity contribution in [3.63, 3.8) is 0 Å². The number of rotatable bonds is 3. The van der Waals surface area contributed by atoms with Gasteiger partial charge in [-0.15, -0.1) is 11.6 Å². The summed E-state index contributed by atoms with van der Waals surface area (Å²) >= 11 is 5.79. The van der Waals surface area contributed by atoms with Crippen LogP contribution in [-0.2, 0) is 11.3 Å². The van der Waals surface area contributed by atoms with E-state index in [-0.39, 0.29) is 12.2 Å². The van der Waals surface area contributed by atoms with E-state index in [1.807, 2.05) is 6.92 Å². The highest BCUT2D eigenvalue weighted by atomic mass is 35.5. The van der Waals surface area contributed by atoms with E-state index in [0.717, 1.165) is 12.6 Å². The van der Waals surface area contributed by atoms with Gasteiger partial charge in [0, 0.05) is 31.6 Å². The van der Waals surface area contributed by atoms with Crippen LogP contribution in [0.2, 0.25) is 0 Å². The van der Waals surface area contributed by atoms with Crippen molar-refractivity contribution in [3.05, 3.63) is 35.4 Å². The molecule has 1 saturated heterocycles. The van der Waals surface area contributed by atoms with Gasteiger partial charge in [0.25, 0.3) is 0 Å². The number of benzene rings is 1. The molecule has 0 aromatic heterocycles. The molecule has 2 nitrogen and oxygen atoms in total. The Hall–Kier alpha value is -0.710. The molecule has 5 heteroatoms. The zero-order valence-corrected chi connectivity index (χ0v) is 11.0. The van der Waals surface area contributed by atoms with E-state index in [1.165, 1.54) is 12.1 Å².